The second kappa shape index (κ2) is 5.83. The lowest BCUT2D eigenvalue weighted by Crippen LogP contribution is -2.17. The third kappa shape index (κ3) is 2.55. The van der Waals surface area contributed by atoms with E-state index in [0.717, 1.165) is 18.8 Å². The largest absolute Gasteiger partial charge is 0.383 e. The molecule has 1 aromatic heterocycles. The minimum absolute atomic E-state index is 0.531. The van der Waals surface area contributed by atoms with Crippen LogP contribution in [0.5, 0.6) is 0 Å². The second-order valence-corrected chi connectivity index (χ2v) is 4.59. The van der Waals surface area contributed by atoms with Crippen molar-refractivity contribution < 1.29 is 4.74 Å². The molecule has 1 N–H and O–H groups in total. The van der Waals surface area contributed by atoms with Gasteiger partial charge in [0.15, 0.2) is 5.82 Å². The van der Waals surface area contributed by atoms with Crippen LogP contribution in [0.15, 0.2) is 30.5 Å². The molecule has 0 aliphatic carbocycles. The van der Waals surface area contributed by atoms with Crippen molar-refractivity contribution in [3.05, 3.63) is 36.0 Å². The molecule has 6 nitrogen and oxygen atoms in total. The fourth-order valence-electron chi connectivity index (χ4n) is 2.34. The lowest BCUT2D eigenvalue weighted by molar-refractivity contribution is 0.210. The van der Waals surface area contributed by atoms with Gasteiger partial charge in [-0.3, -0.25) is 0 Å². The van der Waals surface area contributed by atoms with Gasteiger partial charge in [0.1, 0.15) is 0 Å². The fourth-order valence-corrected chi connectivity index (χ4v) is 2.34. The van der Waals surface area contributed by atoms with Crippen LogP contribution in [-0.2, 0) is 11.2 Å². The summed E-state index contributed by atoms with van der Waals surface area (Å²) in [6.45, 7) is 2.20. The average molecular weight is 271 g/mol. The summed E-state index contributed by atoms with van der Waals surface area (Å²) in [5.74, 6) is 1.36. The molecule has 1 aliphatic heterocycles. The molecule has 0 spiro atoms. The molecule has 6 heteroatoms. The van der Waals surface area contributed by atoms with Crippen molar-refractivity contribution in [2.75, 3.05) is 37.0 Å². The summed E-state index contributed by atoms with van der Waals surface area (Å²) in [5.41, 5.74) is 2.55. The van der Waals surface area contributed by atoms with Gasteiger partial charge in [0.25, 0.3) is 0 Å². The Hall–Kier alpha value is -2.21. The van der Waals surface area contributed by atoms with Gasteiger partial charge < -0.3 is 15.0 Å². The highest BCUT2D eigenvalue weighted by Crippen LogP contribution is 2.32. The summed E-state index contributed by atoms with van der Waals surface area (Å²) in [6.07, 6.45) is 2.73. The molecule has 0 radical (unpaired) electrons. The Morgan fingerprint density at radius 2 is 2.25 bits per heavy atom. The van der Waals surface area contributed by atoms with Crippen LogP contribution in [0.25, 0.3) is 0 Å². The van der Waals surface area contributed by atoms with Crippen molar-refractivity contribution in [3.8, 4) is 0 Å². The molecule has 0 saturated carbocycles. The highest BCUT2D eigenvalue weighted by molar-refractivity contribution is 5.67. The molecule has 20 heavy (non-hydrogen) atoms. The first kappa shape index (κ1) is 12.8. The Balaban J connectivity index is 1.79. The quantitative estimate of drug-likeness (QED) is 0.834. The van der Waals surface area contributed by atoms with E-state index < -0.39 is 0 Å². The van der Waals surface area contributed by atoms with Crippen LogP contribution in [0.4, 0.5) is 17.5 Å². The Labute approximate surface area is 117 Å². The van der Waals surface area contributed by atoms with E-state index in [1.165, 1.54) is 11.3 Å². The predicted molar refractivity (Wildman–Crippen MR) is 77.3 cm³/mol. The summed E-state index contributed by atoms with van der Waals surface area (Å²) in [6, 6.07) is 8.38. The van der Waals surface area contributed by atoms with Crippen molar-refractivity contribution >= 4 is 17.5 Å². The highest BCUT2D eigenvalue weighted by atomic mass is 16.5. The molecule has 104 valence electrons. The highest BCUT2D eigenvalue weighted by Gasteiger charge is 2.21. The number of fused-ring (bicyclic) bond motifs is 1. The number of nitrogens with zero attached hydrogens (tertiary/aromatic N) is 4. The number of hydrogen-bond donors (Lipinski definition) is 1. The first-order chi connectivity index (χ1) is 9.88. The van der Waals surface area contributed by atoms with Crippen molar-refractivity contribution in [2.45, 2.75) is 6.42 Å². The molecular formula is C14H17N5O. The van der Waals surface area contributed by atoms with Gasteiger partial charge in [0.05, 0.1) is 12.8 Å². The van der Waals surface area contributed by atoms with Crippen LogP contribution in [0.2, 0.25) is 0 Å². The van der Waals surface area contributed by atoms with Crippen molar-refractivity contribution in [3.63, 3.8) is 0 Å². The molecule has 0 unspecified atom stereocenters. The second-order valence-electron chi connectivity index (χ2n) is 4.59. The van der Waals surface area contributed by atoms with Gasteiger partial charge >= 0.3 is 0 Å². The zero-order valence-corrected chi connectivity index (χ0v) is 11.4. The predicted octanol–water partition coefficient (Wildman–Crippen LogP) is 1.62. The monoisotopic (exact) mass is 271 g/mol. The van der Waals surface area contributed by atoms with E-state index in [1.807, 2.05) is 6.07 Å². The number of rotatable bonds is 5. The number of methoxy groups -OCH3 is 1. The van der Waals surface area contributed by atoms with Crippen LogP contribution in [0.1, 0.15) is 5.56 Å². The van der Waals surface area contributed by atoms with Gasteiger partial charge in [-0.1, -0.05) is 18.2 Å². The van der Waals surface area contributed by atoms with E-state index in [1.54, 1.807) is 13.3 Å². The molecular weight excluding hydrogens is 254 g/mol. The van der Waals surface area contributed by atoms with E-state index in [4.69, 9.17) is 4.74 Å². The number of nitrogens with one attached hydrogen (secondary N) is 1. The van der Waals surface area contributed by atoms with E-state index in [9.17, 15) is 0 Å². The molecule has 0 fully saturated rings. The average Bonchev–Trinajstić information content (AvgIpc) is 2.92. The smallest absolute Gasteiger partial charge is 0.244 e. The standard InChI is InChI=1S/C14H17N5O/c1-20-9-7-15-14-17-13(10-16-18-14)19-8-6-11-4-2-3-5-12(11)19/h2-5,10H,6-9H2,1H3,(H,15,17,18). The first-order valence-electron chi connectivity index (χ1n) is 6.66. The van der Waals surface area contributed by atoms with Crippen LogP contribution in [0.3, 0.4) is 0 Å². The zero-order chi connectivity index (χ0) is 13.8. The van der Waals surface area contributed by atoms with E-state index >= 15 is 0 Å². The Morgan fingerprint density at radius 1 is 1.35 bits per heavy atom. The summed E-state index contributed by atoms with van der Waals surface area (Å²) < 4.78 is 4.99. The van der Waals surface area contributed by atoms with Crippen molar-refractivity contribution in [1.82, 2.24) is 15.2 Å². The minimum atomic E-state index is 0.531. The van der Waals surface area contributed by atoms with E-state index in [-0.39, 0.29) is 0 Å². The Bertz CT molecular complexity index is 589. The molecule has 0 atom stereocenters. The summed E-state index contributed by atoms with van der Waals surface area (Å²) in [7, 11) is 1.67. The number of aromatic nitrogens is 3. The van der Waals surface area contributed by atoms with Gasteiger partial charge in [-0.15, -0.1) is 5.10 Å². The maximum absolute atomic E-state index is 4.99. The number of ether oxygens (including phenoxy) is 1. The van der Waals surface area contributed by atoms with Crippen LogP contribution >= 0.6 is 0 Å². The zero-order valence-electron chi connectivity index (χ0n) is 11.4. The van der Waals surface area contributed by atoms with Gasteiger partial charge in [0, 0.05) is 25.9 Å². The summed E-state index contributed by atoms with van der Waals surface area (Å²) >= 11 is 0. The number of benzene rings is 1. The lowest BCUT2D eigenvalue weighted by atomic mass is 10.2. The summed E-state index contributed by atoms with van der Waals surface area (Å²) in [5, 5.41) is 11.1. The molecule has 3 rings (SSSR count). The molecule has 1 aromatic carbocycles. The van der Waals surface area contributed by atoms with Gasteiger partial charge in [-0.05, 0) is 18.1 Å². The van der Waals surface area contributed by atoms with E-state index in [0.29, 0.717) is 19.1 Å². The van der Waals surface area contributed by atoms with Crippen molar-refractivity contribution in [2.24, 2.45) is 0 Å². The molecule has 0 saturated heterocycles. The van der Waals surface area contributed by atoms with Crippen molar-refractivity contribution in [1.29, 1.82) is 0 Å². The third-order valence-electron chi connectivity index (χ3n) is 3.30. The number of anilines is 3. The first-order valence-corrected chi connectivity index (χ1v) is 6.66. The lowest BCUT2D eigenvalue weighted by Gasteiger charge is -2.18. The topological polar surface area (TPSA) is 63.2 Å². The molecule has 0 amide bonds. The maximum Gasteiger partial charge on any atom is 0.244 e. The third-order valence-corrected chi connectivity index (χ3v) is 3.30. The SMILES string of the molecule is COCCNc1nncc(N2CCc3ccccc32)n1. The molecule has 1 aliphatic rings. The maximum atomic E-state index is 4.99. The van der Waals surface area contributed by atoms with Crippen LogP contribution in [-0.4, -0.2) is 42.0 Å². The minimum Gasteiger partial charge on any atom is -0.383 e. The Morgan fingerprint density at radius 3 is 3.15 bits per heavy atom. The van der Waals surface area contributed by atoms with Crippen LogP contribution < -0.4 is 10.2 Å². The number of para-hydroxylation sites is 1. The summed E-state index contributed by atoms with van der Waals surface area (Å²) in [4.78, 5) is 6.68. The Kier molecular flexibility index (Phi) is 3.73. The van der Waals surface area contributed by atoms with Crippen LogP contribution in [0, 0.1) is 0 Å². The normalized spacial score (nSPS) is 13.3. The molecule has 2 heterocycles. The fraction of sp³-hybridized carbons (Fsp3) is 0.357. The molecule has 2 aromatic rings. The van der Waals surface area contributed by atoms with Gasteiger partial charge in [-0.25, -0.2) is 0 Å². The van der Waals surface area contributed by atoms with E-state index in [2.05, 4.69) is 43.6 Å². The molecule has 0 bridgehead atoms. The number of hydrogen-bond acceptors (Lipinski definition) is 6. The van der Waals surface area contributed by atoms with Gasteiger partial charge in [-0.2, -0.15) is 10.1 Å². The van der Waals surface area contributed by atoms with Gasteiger partial charge in [0.2, 0.25) is 5.95 Å².